The summed E-state index contributed by atoms with van der Waals surface area (Å²) in [6.07, 6.45) is 0.805. The van der Waals surface area contributed by atoms with Crippen LogP contribution >= 0.6 is 28.1 Å². The van der Waals surface area contributed by atoms with Gasteiger partial charge in [0.05, 0.1) is 0 Å². The van der Waals surface area contributed by atoms with E-state index in [4.69, 9.17) is 18.0 Å². The topological polar surface area (TPSA) is 38.0 Å². The van der Waals surface area contributed by atoms with Crippen molar-refractivity contribution in [2.45, 2.75) is 13.3 Å². The van der Waals surface area contributed by atoms with Crippen LogP contribution in [-0.2, 0) is 6.42 Å². The van der Waals surface area contributed by atoms with Crippen molar-refractivity contribution in [3.05, 3.63) is 63.4 Å². The van der Waals surface area contributed by atoms with Crippen molar-refractivity contribution in [1.82, 2.24) is 0 Å². The molecule has 0 unspecified atom stereocenters. The van der Waals surface area contributed by atoms with Crippen LogP contribution in [0.5, 0.6) is 0 Å². The van der Waals surface area contributed by atoms with Gasteiger partial charge < -0.3 is 11.1 Å². The maximum atomic E-state index is 13.1. The Bertz CT molecular complexity index is 673. The van der Waals surface area contributed by atoms with Crippen LogP contribution in [0.1, 0.15) is 16.7 Å². The molecule has 21 heavy (non-hydrogen) atoms. The van der Waals surface area contributed by atoms with Gasteiger partial charge in [-0.1, -0.05) is 34.2 Å². The van der Waals surface area contributed by atoms with E-state index in [1.165, 1.54) is 6.07 Å². The summed E-state index contributed by atoms with van der Waals surface area (Å²) in [5.41, 5.74) is 9.54. The van der Waals surface area contributed by atoms with E-state index in [0.717, 1.165) is 39.8 Å². The number of hydrogen-bond donors (Lipinski definition) is 2. The van der Waals surface area contributed by atoms with Gasteiger partial charge in [-0.2, -0.15) is 0 Å². The lowest BCUT2D eigenvalue weighted by Gasteiger charge is -2.12. The van der Waals surface area contributed by atoms with Gasteiger partial charge in [0.15, 0.2) is 0 Å². The Morgan fingerprint density at radius 3 is 2.71 bits per heavy atom. The molecule has 0 fully saturated rings. The molecule has 0 heterocycles. The van der Waals surface area contributed by atoms with Crippen molar-refractivity contribution in [2.75, 3.05) is 11.9 Å². The number of aryl methyl sites for hydroxylation is 1. The summed E-state index contributed by atoms with van der Waals surface area (Å²) in [5.74, 6) is -0.201. The van der Waals surface area contributed by atoms with E-state index in [-0.39, 0.29) is 5.82 Å². The van der Waals surface area contributed by atoms with Crippen molar-refractivity contribution in [3.8, 4) is 0 Å². The third kappa shape index (κ3) is 4.25. The van der Waals surface area contributed by atoms with Gasteiger partial charge >= 0.3 is 0 Å². The molecule has 2 rings (SSSR count). The van der Waals surface area contributed by atoms with E-state index in [1.807, 2.05) is 31.2 Å². The number of halogens is 2. The summed E-state index contributed by atoms with van der Waals surface area (Å²) in [5, 5.41) is 3.33. The molecule has 0 aliphatic heterocycles. The summed E-state index contributed by atoms with van der Waals surface area (Å²) in [6, 6.07) is 10.6. The quantitative estimate of drug-likeness (QED) is 0.779. The largest absolute Gasteiger partial charge is 0.389 e. The second-order valence-electron chi connectivity index (χ2n) is 4.80. The summed E-state index contributed by atoms with van der Waals surface area (Å²) in [4.78, 5) is 0.358. The van der Waals surface area contributed by atoms with Crippen LogP contribution < -0.4 is 11.1 Å². The number of thiocarbonyl (C=S) groups is 1. The van der Waals surface area contributed by atoms with Gasteiger partial charge in [-0.05, 0) is 54.8 Å². The maximum absolute atomic E-state index is 13.1. The first kappa shape index (κ1) is 15.9. The predicted molar refractivity (Wildman–Crippen MR) is 93.4 cm³/mol. The molecular formula is C16H16BrFN2S. The zero-order valence-corrected chi connectivity index (χ0v) is 14.0. The van der Waals surface area contributed by atoms with Crippen LogP contribution in [0.2, 0.25) is 0 Å². The molecule has 0 spiro atoms. The Labute approximate surface area is 137 Å². The second-order valence-corrected chi connectivity index (χ2v) is 6.16. The lowest BCUT2D eigenvalue weighted by molar-refractivity contribution is 0.625. The predicted octanol–water partition coefficient (Wildman–Crippen LogP) is 4.19. The fourth-order valence-corrected chi connectivity index (χ4v) is 2.68. The molecule has 3 N–H and O–H groups in total. The molecule has 0 aliphatic rings. The summed E-state index contributed by atoms with van der Waals surface area (Å²) >= 11 is 8.47. The molecule has 0 saturated heterocycles. The van der Waals surface area contributed by atoms with E-state index in [2.05, 4.69) is 21.2 Å². The van der Waals surface area contributed by atoms with Gasteiger partial charge in [0.1, 0.15) is 10.8 Å². The molecule has 0 aromatic heterocycles. The molecule has 0 amide bonds. The first-order valence-electron chi connectivity index (χ1n) is 6.55. The normalized spacial score (nSPS) is 10.4. The minimum Gasteiger partial charge on any atom is -0.389 e. The number of hydrogen-bond acceptors (Lipinski definition) is 2. The molecule has 0 aliphatic carbocycles. The number of rotatable bonds is 5. The number of benzene rings is 2. The van der Waals surface area contributed by atoms with Gasteiger partial charge in [-0.25, -0.2) is 4.39 Å². The molecule has 0 saturated carbocycles. The zero-order valence-electron chi connectivity index (χ0n) is 11.6. The molecule has 2 aromatic carbocycles. The number of nitrogens with two attached hydrogens (primary N) is 1. The second kappa shape index (κ2) is 7.00. The van der Waals surface area contributed by atoms with Crippen LogP contribution in [0, 0.1) is 12.7 Å². The molecule has 2 nitrogen and oxygen atoms in total. The lowest BCUT2D eigenvalue weighted by Crippen LogP contribution is -2.14. The van der Waals surface area contributed by atoms with Crippen LogP contribution in [0.3, 0.4) is 0 Å². The molecule has 0 radical (unpaired) electrons. The van der Waals surface area contributed by atoms with E-state index >= 15 is 0 Å². The van der Waals surface area contributed by atoms with Crippen LogP contribution in [0.4, 0.5) is 10.1 Å². The summed E-state index contributed by atoms with van der Waals surface area (Å²) < 4.78 is 14.0. The number of nitrogens with one attached hydrogen (secondary N) is 1. The van der Waals surface area contributed by atoms with Gasteiger partial charge in [0, 0.05) is 22.3 Å². The smallest absolute Gasteiger partial charge is 0.123 e. The van der Waals surface area contributed by atoms with Crippen molar-refractivity contribution in [1.29, 1.82) is 0 Å². The van der Waals surface area contributed by atoms with E-state index < -0.39 is 0 Å². The minimum atomic E-state index is -0.201. The Morgan fingerprint density at radius 2 is 2.05 bits per heavy atom. The van der Waals surface area contributed by atoms with Crippen LogP contribution in [0.15, 0.2) is 40.9 Å². The third-order valence-electron chi connectivity index (χ3n) is 3.26. The van der Waals surface area contributed by atoms with Gasteiger partial charge in [0.2, 0.25) is 0 Å². The van der Waals surface area contributed by atoms with Crippen molar-refractivity contribution < 1.29 is 4.39 Å². The Hall–Kier alpha value is -1.46. The third-order valence-corrected chi connectivity index (χ3v) is 3.97. The molecule has 0 atom stereocenters. The average Bonchev–Trinajstić information content (AvgIpc) is 2.42. The first-order valence-corrected chi connectivity index (χ1v) is 7.76. The summed E-state index contributed by atoms with van der Waals surface area (Å²) in [7, 11) is 0. The Morgan fingerprint density at radius 1 is 1.29 bits per heavy atom. The average molecular weight is 367 g/mol. The SMILES string of the molecule is Cc1cc(F)ccc1CCNc1ccc(Br)cc1C(N)=S. The first-order chi connectivity index (χ1) is 9.97. The standard InChI is InChI=1S/C16H16BrFN2S/c1-10-8-13(18)4-2-11(10)6-7-20-15-5-3-12(17)9-14(15)16(19)21/h2-5,8-9,20H,6-7H2,1H3,(H2,19,21). The van der Waals surface area contributed by atoms with Crippen molar-refractivity contribution in [2.24, 2.45) is 5.73 Å². The fraction of sp³-hybridized carbons (Fsp3) is 0.188. The summed E-state index contributed by atoms with van der Waals surface area (Å²) in [6.45, 7) is 2.64. The molecule has 2 aromatic rings. The van der Waals surface area contributed by atoms with Crippen LogP contribution in [0.25, 0.3) is 0 Å². The number of anilines is 1. The van der Waals surface area contributed by atoms with E-state index in [1.54, 1.807) is 6.07 Å². The van der Waals surface area contributed by atoms with Crippen LogP contribution in [-0.4, -0.2) is 11.5 Å². The van der Waals surface area contributed by atoms with E-state index in [9.17, 15) is 4.39 Å². The molecule has 110 valence electrons. The van der Waals surface area contributed by atoms with Crippen molar-refractivity contribution >= 4 is 38.8 Å². The lowest BCUT2D eigenvalue weighted by atomic mass is 10.1. The fourth-order valence-electron chi connectivity index (χ4n) is 2.15. The van der Waals surface area contributed by atoms with Gasteiger partial charge in [-0.15, -0.1) is 0 Å². The van der Waals surface area contributed by atoms with Crippen molar-refractivity contribution in [3.63, 3.8) is 0 Å². The maximum Gasteiger partial charge on any atom is 0.123 e. The highest BCUT2D eigenvalue weighted by molar-refractivity contribution is 9.10. The van der Waals surface area contributed by atoms with E-state index in [0.29, 0.717) is 4.99 Å². The minimum absolute atomic E-state index is 0.201. The monoisotopic (exact) mass is 366 g/mol. The Balaban J connectivity index is 2.05. The molecule has 5 heteroatoms. The molecular weight excluding hydrogens is 351 g/mol. The Kier molecular flexibility index (Phi) is 5.31. The van der Waals surface area contributed by atoms with Gasteiger partial charge in [-0.3, -0.25) is 0 Å². The highest BCUT2D eigenvalue weighted by Gasteiger charge is 2.06. The highest BCUT2D eigenvalue weighted by Crippen LogP contribution is 2.21. The molecule has 0 bridgehead atoms. The zero-order chi connectivity index (χ0) is 15.4. The van der Waals surface area contributed by atoms with Gasteiger partial charge in [0.25, 0.3) is 0 Å². The highest BCUT2D eigenvalue weighted by atomic mass is 79.9.